The van der Waals surface area contributed by atoms with Crippen molar-refractivity contribution >= 4 is 24.8 Å². The molecule has 1 aromatic rings. The zero-order chi connectivity index (χ0) is 6.69. The minimum atomic E-state index is 0. The highest BCUT2D eigenvalue weighted by molar-refractivity contribution is 5.85. The molecule has 0 aliphatic rings. The van der Waals surface area contributed by atoms with Crippen LogP contribution in [0.2, 0.25) is 0 Å². The van der Waals surface area contributed by atoms with Gasteiger partial charge in [0.1, 0.15) is 0 Å². The van der Waals surface area contributed by atoms with Crippen molar-refractivity contribution in [1.82, 2.24) is 10.1 Å². The van der Waals surface area contributed by atoms with Crippen molar-refractivity contribution in [3.63, 3.8) is 0 Å². The molecular formula is C5H11Cl2N3O. The van der Waals surface area contributed by atoms with Crippen LogP contribution in [0.4, 0.5) is 0 Å². The highest BCUT2D eigenvalue weighted by Crippen LogP contribution is 1.94. The Bertz CT molecular complexity index is 192. The molecule has 0 atom stereocenters. The lowest BCUT2D eigenvalue weighted by atomic mass is 10.4. The number of aromatic nitrogens is 2. The summed E-state index contributed by atoms with van der Waals surface area (Å²) in [7, 11) is 0. The highest BCUT2D eigenvalue weighted by atomic mass is 35.5. The first-order valence-corrected chi connectivity index (χ1v) is 2.82. The maximum Gasteiger partial charge on any atom is 0.227 e. The Hall–Kier alpha value is -0.320. The molecule has 1 heterocycles. The van der Waals surface area contributed by atoms with Crippen LogP contribution in [0.3, 0.4) is 0 Å². The van der Waals surface area contributed by atoms with E-state index in [0.717, 1.165) is 0 Å². The van der Waals surface area contributed by atoms with Gasteiger partial charge in [-0.1, -0.05) is 5.16 Å². The van der Waals surface area contributed by atoms with Crippen molar-refractivity contribution in [2.75, 3.05) is 6.54 Å². The molecule has 0 aromatic carbocycles. The third kappa shape index (κ3) is 4.19. The number of halogens is 2. The van der Waals surface area contributed by atoms with Gasteiger partial charge in [0.05, 0.1) is 0 Å². The lowest BCUT2D eigenvalue weighted by Crippen LogP contribution is -2.02. The Morgan fingerprint density at radius 1 is 1.45 bits per heavy atom. The lowest BCUT2D eigenvalue weighted by molar-refractivity contribution is 0.376. The molecule has 0 spiro atoms. The molecule has 11 heavy (non-hydrogen) atoms. The summed E-state index contributed by atoms with van der Waals surface area (Å²) in [5, 5.41) is 3.59. The van der Waals surface area contributed by atoms with E-state index in [9.17, 15) is 0 Å². The van der Waals surface area contributed by atoms with Gasteiger partial charge < -0.3 is 10.3 Å². The third-order valence-electron chi connectivity index (χ3n) is 0.928. The van der Waals surface area contributed by atoms with E-state index in [4.69, 9.17) is 10.3 Å². The molecule has 0 unspecified atom stereocenters. The van der Waals surface area contributed by atoms with E-state index in [2.05, 4.69) is 10.1 Å². The van der Waals surface area contributed by atoms with Crippen LogP contribution in [0.25, 0.3) is 0 Å². The van der Waals surface area contributed by atoms with Crippen LogP contribution >= 0.6 is 24.8 Å². The van der Waals surface area contributed by atoms with Crippen molar-refractivity contribution in [2.24, 2.45) is 5.73 Å². The van der Waals surface area contributed by atoms with E-state index in [1.54, 1.807) is 6.92 Å². The molecule has 0 amide bonds. The SMILES string of the molecule is Cc1noc(CCN)n1.Cl.Cl. The van der Waals surface area contributed by atoms with Gasteiger partial charge in [0, 0.05) is 13.0 Å². The normalized spacial score (nSPS) is 8.18. The fourth-order valence-corrected chi connectivity index (χ4v) is 0.565. The van der Waals surface area contributed by atoms with E-state index in [0.29, 0.717) is 24.7 Å². The van der Waals surface area contributed by atoms with Crippen molar-refractivity contribution in [1.29, 1.82) is 0 Å². The Labute approximate surface area is 77.4 Å². The van der Waals surface area contributed by atoms with Gasteiger partial charge in [0.2, 0.25) is 5.89 Å². The van der Waals surface area contributed by atoms with Crippen molar-refractivity contribution in [3.8, 4) is 0 Å². The average Bonchev–Trinajstić information content (AvgIpc) is 2.17. The molecule has 0 radical (unpaired) electrons. The van der Waals surface area contributed by atoms with Crippen molar-refractivity contribution in [2.45, 2.75) is 13.3 Å². The second-order valence-corrected chi connectivity index (χ2v) is 1.77. The van der Waals surface area contributed by atoms with Crippen LogP contribution in [0, 0.1) is 6.92 Å². The van der Waals surface area contributed by atoms with Gasteiger partial charge in [-0.25, -0.2) is 0 Å². The van der Waals surface area contributed by atoms with E-state index < -0.39 is 0 Å². The standard InChI is InChI=1S/C5H9N3O.2ClH/c1-4-7-5(2-3-6)9-8-4;;/h2-3,6H2,1H3;2*1H. The van der Waals surface area contributed by atoms with Crippen LogP contribution in [0.5, 0.6) is 0 Å². The summed E-state index contributed by atoms with van der Waals surface area (Å²) < 4.78 is 4.76. The van der Waals surface area contributed by atoms with E-state index in [1.807, 2.05) is 0 Å². The molecular weight excluding hydrogens is 189 g/mol. The van der Waals surface area contributed by atoms with Gasteiger partial charge in [0.25, 0.3) is 0 Å². The topological polar surface area (TPSA) is 64.9 Å². The Balaban J connectivity index is 0. The number of aryl methyl sites for hydroxylation is 1. The Morgan fingerprint density at radius 3 is 2.45 bits per heavy atom. The average molecular weight is 200 g/mol. The monoisotopic (exact) mass is 199 g/mol. The Kier molecular flexibility index (Phi) is 7.72. The molecule has 0 fully saturated rings. The molecule has 0 saturated carbocycles. The summed E-state index contributed by atoms with van der Waals surface area (Å²) in [5.41, 5.74) is 5.24. The number of hydrogen-bond acceptors (Lipinski definition) is 4. The molecule has 1 aromatic heterocycles. The first-order valence-electron chi connectivity index (χ1n) is 2.82. The Morgan fingerprint density at radius 2 is 2.09 bits per heavy atom. The summed E-state index contributed by atoms with van der Waals surface area (Å²) in [5.74, 6) is 1.29. The molecule has 0 bridgehead atoms. The summed E-state index contributed by atoms with van der Waals surface area (Å²) >= 11 is 0. The second kappa shape index (κ2) is 6.39. The molecule has 0 saturated heterocycles. The van der Waals surface area contributed by atoms with Crippen LogP contribution in [0.15, 0.2) is 4.52 Å². The second-order valence-electron chi connectivity index (χ2n) is 1.77. The maximum absolute atomic E-state index is 5.24. The zero-order valence-electron chi connectivity index (χ0n) is 6.11. The zero-order valence-corrected chi connectivity index (χ0v) is 7.74. The van der Waals surface area contributed by atoms with Crippen LogP contribution in [-0.4, -0.2) is 16.7 Å². The predicted octanol–water partition coefficient (Wildman–Crippen LogP) is 0.723. The quantitative estimate of drug-likeness (QED) is 0.763. The predicted molar refractivity (Wildman–Crippen MR) is 46.3 cm³/mol. The summed E-state index contributed by atoms with van der Waals surface area (Å²) in [6, 6.07) is 0. The van der Waals surface area contributed by atoms with Crippen LogP contribution in [0.1, 0.15) is 11.7 Å². The maximum atomic E-state index is 5.24. The van der Waals surface area contributed by atoms with E-state index in [-0.39, 0.29) is 24.8 Å². The van der Waals surface area contributed by atoms with E-state index >= 15 is 0 Å². The van der Waals surface area contributed by atoms with Gasteiger partial charge in [-0.3, -0.25) is 0 Å². The van der Waals surface area contributed by atoms with Gasteiger partial charge in [-0.2, -0.15) is 4.98 Å². The number of nitrogens with zero attached hydrogens (tertiary/aromatic N) is 2. The van der Waals surface area contributed by atoms with Gasteiger partial charge >= 0.3 is 0 Å². The van der Waals surface area contributed by atoms with Crippen LogP contribution in [-0.2, 0) is 6.42 Å². The minimum Gasteiger partial charge on any atom is -0.339 e. The molecule has 0 aliphatic carbocycles. The fourth-order valence-electron chi connectivity index (χ4n) is 0.565. The molecule has 4 nitrogen and oxygen atoms in total. The number of hydrogen-bond donors (Lipinski definition) is 1. The fraction of sp³-hybridized carbons (Fsp3) is 0.600. The molecule has 66 valence electrons. The smallest absolute Gasteiger partial charge is 0.227 e. The molecule has 2 N–H and O–H groups in total. The molecule has 1 rings (SSSR count). The first kappa shape index (κ1) is 13.3. The number of nitrogens with two attached hydrogens (primary N) is 1. The minimum absolute atomic E-state index is 0. The van der Waals surface area contributed by atoms with Gasteiger partial charge in [0.15, 0.2) is 5.82 Å². The van der Waals surface area contributed by atoms with Gasteiger partial charge in [-0.15, -0.1) is 24.8 Å². The highest BCUT2D eigenvalue weighted by Gasteiger charge is 1.98. The summed E-state index contributed by atoms with van der Waals surface area (Å²) in [6.45, 7) is 2.34. The van der Waals surface area contributed by atoms with Gasteiger partial charge in [-0.05, 0) is 6.92 Å². The largest absolute Gasteiger partial charge is 0.339 e. The van der Waals surface area contributed by atoms with E-state index in [1.165, 1.54) is 0 Å². The van der Waals surface area contributed by atoms with Crippen molar-refractivity contribution < 1.29 is 4.52 Å². The molecule has 0 aliphatic heterocycles. The summed E-state index contributed by atoms with van der Waals surface area (Å²) in [6.07, 6.45) is 0.668. The summed E-state index contributed by atoms with van der Waals surface area (Å²) in [4.78, 5) is 3.94. The third-order valence-corrected chi connectivity index (χ3v) is 0.928. The molecule has 6 heteroatoms. The van der Waals surface area contributed by atoms with Crippen molar-refractivity contribution in [3.05, 3.63) is 11.7 Å². The number of rotatable bonds is 2. The lowest BCUT2D eigenvalue weighted by Gasteiger charge is -1.82. The van der Waals surface area contributed by atoms with Crippen LogP contribution < -0.4 is 5.73 Å². The first-order chi connectivity index (χ1) is 4.33.